The summed E-state index contributed by atoms with van der Waals surface area (Å²) in [6.07, 6.45) is 0. The lowest BCUT2D eigenvalue weighted by Gasteiger charge is -2.24. The van der Waals surface area contributed by atoms with Crippen LogP contribution in [0.3, 0.4) is 0 Å². The molecule has 0 bridgehead atoms. The van der Waals surface area contributed by atoms with Crippen LogP contribution in [0.2, 0.25) is 0 Å². The van der Waals surface area contributed by atoms with Gasteiger partial charge in [0.05, 0.1) is 19.3 Å². The zero-order chi connectivity index (χ0) is 9.10. The summed E-state index contributed by atoms with van der Waals surface area (Å²) in [5.74, 6) is 0.306. The first-order chi connectivity index (χ1) is 6.36. The number of morpholine rings is 1. The highest BCUT2D eigenvalue weighted by Gasteiger charge is 2.14. The summed E-state index contributed by atoms with van der Waals surface area (Å²) < 4.78 is 5.34. The molecule has 0 spiro atoms. The van der Waals surface area contributed by atoms with Crippen molar-refractivity contribution >= 4 is 12.4 Å². The molecule has 0 saturated carbocycles. The monoisotopic (exact) mass is 215 g/mol. The van der Waals surface area contributed by atoms with Crippen molar-refractivity contribution in [2.24, 2.45) is 0 Å². The Morgan fingerprint density at radius 3 is 2.57 bits per heavy atom. The van der Waals surface area contributed by atoms with Crippen LogP contribution in [0.1, 0.15) is 11.6 Å². The highest BCUT2D eigenvalue weighted by atomic mass is 35.5. The summed E-state index contributed by atoms with van der Waals surface area (Å²) in [6, 6.07) is 7.51. The van der Waals surface area contributed by atoms with Crippen LogP contribution in [0.5, 0.6) is 5.75 Å². The van der Waals surface area contributed by atoms with Crippen LogP contribution >= 0.6 is 12.4 Å². The maximum atomic E-state index is 9.10. The van der Waals surface area contributed by atoms with E-state index in [0.717, 1.165) is 18.7 Å². The van der Waals surface area contributed by atoms with Gasteiger partial charge >= 0.3 is 0 Å². The van der Waals surface area contributed by atoms with Crippen LogP contribution in [0.4, 0.5) is 0 Å². The van der Waals surface area contributed by atoms with Gasteiger partial charge in [-0.2, -0.15) is 0 Å². The molecule has 1 fully saturated rings. The first-order valence-electron chi connectivity index (χ1n) is 4.46. The average Bonchev–Trinajstić information content (AvgIpc) is 2.20. The number of hydrogen-bond acceptors (Lipinski definition) is 3. The number of phenolic OH excluding ortho intramolecular Hbond substituents is 1. The van der Waals surface area contributed by atoms with Gasteiger partial charge in [-0.1, -0.05) is 12.1 Å². The molecule has 78 valence electrons. The van der Waals surface area contributed by atoms with Gasteiger partial charge < -0.3 is 15.2 Å². The molecule has 0 amide bonds. The number of hydrogen-bond donors (Lipinski definition) is 2. The molecular formula is C10H14ClNO2. The molecule has 1 heterocycles. The molecule has 1 aromatic carbocycles. The molecule has 14 heavy (non-hydrogen) atoms. The Morgan fingerprint density at radius 1 is 1.29 bits per heavy atom. The number of nitrogens with one attached hydrogen (secondary N) is 1. The maximum Gasteiger partial charge on any atom is 0.115 e. The molecule has 1 atom stereocenters. The largest absolute Gasteiger partial charge is 0.508 e. The third kappa shape index (κ3) is 2.61. The fourth-order valence-corrected chi connectivity index (χ4v) is 1.49. The molecule has 1 unspecified atom stereocenters. The van der Waals surface area contributed by atoms with E-state index in [-0.39, 0.29) is 18.4 Å². The van der Waals surface area contributed by atoms with E-state index >= 15 is 0 Å². The van der Waals surface area contributed by atoms with Gasteiger partial charge in [-0.3, -0.25) is 0 Å². The summed E-state index contributed by atoms with van der Waals surface area (Å²) in [6.45, 7) is 2.39. The number of aromatic hydroxyl groups is 1. The van der Waals surface area contributed by atoms with E-state index in [2.05, 4.69) is 5.32 Å². The molecule has 4 heteroatoms. The van der Waals surface area contributed by atoms with Gasteiger partial charge in [0.15, 0.2) is 0 Å². The Kier molecular flexibility index (Phi) is 4.20. The van der Waals surface area contributed by atoms with Crippen molar-refractivity contribution < 1.29 is 9.84 Å². The second kappa shape index (κ2) is 5.20. The first kappa shape index (κ1) is 11.3. The Labute approximate surface area is 89.5 Å². The predicted molar refractivity (Wildman–Crippen MR) is 56.9 cm³/mol. The standard InChI is InChI=1S/C10H13NO2.ClH/c12-9-3-1-8(2-4-9)10-7-13-6-5-11-10;/h1-4,10-12H,5-7H2;1H. The molecule has 2 N–H and O–H groups in total. The lowest BCUT2D eigenvalue weighted by atomic mass is 10.1. The number of halogens is 1. The van der Waals surface area contributed by atoms with Crippen molar-refractivity contribution in [3.8, 4) is 5.75 Å². The molecule has 3 nitrogen and oxygen atoms in total. The van der Waals surface area contributed by atoms with Crippen molar-refractivity contribution in [2.45, 2.75) is 6.04 Å². The van der Waals surface area contributed by atoms with Crippen LogP contribution in [0.25, 0.3) is 0 Å². The summed E-state index contributed by atoms with van der Waals surface area (Å²) in [5.41, 5.74) is 1.16. The van der Waals surface area contributed by atoms with Gasteiger partial charge in [-0.25, -0.2) is 0 Å². The number of ether oxygens (including phenoxy) is 1. The van der Waals surface area contributed by atoms with Gasteiger partial charge in [0, 0.05) is 6.54 Å². The molecule has 0 aliphatic carbocycles. The third-order valence-electron chi connectivity index (χ3n) is 2.22. The van der Waals surface area contributed by atoms with E-state index in [1.807, 2.05) is 12.1 Å². The minimum atomic E-state index is 0. The molecule has 1 saturated heterocycles. The second-order valence-corrected chi connectivity index (χ2v) is 3.17. The van der Waals surface area contributed by atoms with Crippen molar-refractivity contribution in [1.82, 2.24) is 5.32 Å². The van der Waals surface area contributed by atoms with E-state index in [0.29, 0.717) is 12.4 Å². The minimum absolute atomic E-state index is 0. The van der Waals surface area contributed by atoms with Gasteiger partial charge in [-0.15, -0.1) is 12.4 Å². The first-order valence-corrected chi connectivity index (χ1v) is 4.46. The topological polar surface area (TPSA) is 41.5 Å². The van der Waals surface area contributed by atoms with Crippen LogP contribution in [-0.2, 0) is 4.74 Å². The van der Waals surface area contributed by atoms with Gasteiger partial charge in [0.1, 0.15) is 5.75 Å². The van der Waals surface area contributed by atoms with Crippen LogP contribution in [0.15, 0.2) is 24.3 Å². The molecule has 1 aliphatic rings. The SMILES string of the molecule is Cl.Oc1ccc(C2COCCN2)cc1. The molecular weight excluding hydrogens is 202 g/mol. The minimum Gasteiger partial charge on any atom is -0.508 e. The van der Waals surface area contributed by atoms with Gasteiger partial charge in [0.2, 0.25) is 0 Å². The predicted octanol–water partition coefficient (Wildman–Crippen LogP) is 1.47. The smallest absolute Gasteiger partial charge is 0.115 e. The average molecular weight is 216 g/mol. The van der Waals surface area contributed by atoms with Crippen molar-refractivity contribution in [3.05, 3.63) is 29.8 Å². The van der Waals surface area contributed by atoms with Crippen LogP contribution in [0, 0.1) is 0 Å². The lowest BCUT2D eigenvalue weighted by molar-refractivity contribution is 0.0768. The Hall–Kier alpha value is -0.770. The summed E-state index contributed by atoms with van der Waals surface area (Å²) >= 11 is 0. The van der Waals surface area contributed by atoms with Crippen molar-refractivity contribution in [1.29, 1.82) is 0 Å². The normalized spacial score (nSPS) is 21.3. The fourth-order valence-electron chi connectivity index (χ4n) is 1.49. The quantitative estimate of drug-likeness (QED) is 0.746. The highest BCUT2D eigenvalue weighted by molar-refractivity contribution is 5.85. The molecule has 1 aromatic rings. The van der Waals surface area contributed by atoms with E-state index in [9.17, 15) is 0 Å². The Bertz CT molecular complexity index is 270. The maximum absolute atomic E-state index is 9.10. The summed E-state index contributed by atoms with van der Waals surface area (Å²) in [4.78, 5) is 0. The Morgan fingerprint density at radius 2 is 2.00 bits per heavy atom. The summed E-state index contributed by atoms with van der Waals surface area (Å²) in [7, 11) is 0. The third-order valence-corrected chi connectivity index (χ3v) is 2.22. The zero-order valence-corrected chi connectivity index (χ0v) is 8.59. The van der Waals surface area contributed by atoms with Crippen molar-refractivity contribution in [2.75, 3.05) is 19.8 Å². The van der Waals surface area contributed by atoms with Crippen LogP contribution in [-0.4, -0.2) is 24.9 Å². The van der Waals surface area contributed by atoms with Gasteiger partial charge in [0.25, 0.3) is 0 Å². The number of benzene rings is 1. The lowest BCUT2D eigenvalue weighted by Crippen LogP contribution is -2.34. The fraction of sp³-hybridized carbons (Fsp3) is 0.400. The Balaban J connectivity index is 0.000000980. The number of phenols is 1. The molecule has 0 radical (unpaired) electrons. The molecule has 0 aromatic heterocycles. The van der Waals surface area contributed by atoms with Crippen LogP contribution < -0.4 is 5.32 Å². The highest BCUT2D eigenvalue weighted by Crippen LogP contribution is 2.18. The zero-order valence-electron chi connectivity index (χ0n) is 7.77. The van der Waals surface area contributed by atoms with E-state index in [1.54, 1.807) is 12.1 Å². The van der Waals surface area contributed by atoms with Gasteiger partial charge in [-0.05, 0) is 17.7 Å². The molecule has 2 rings (SSSR count). The number of rotatable bonds is 1. The second-order valence-electron chi connectivity index (χ2n) is 3.17. The molecule has 1 aliphatic heterocycles. The summed E-state index contributed by atoms with van der Waals surface area (Å²) in [5, 5.41) is 12.5. The van der Waals surface area contributed by atoms with E-state index in [4.69, 9.17) is 9.84 Å². The van der Waals surface area contributed by atoms with Crippen molar-refractivity contribution in [3.63, 3.8) is 0 Å². The van der Waals surface area contributed by atoms with E-state index < -0.39 is 0 Å². The van der Waals surface area contributed by atoms with E-state index in [1.165, 1.54) is 0 Å².